The van der Waals surface area contributed by atoms with Gasteiger partial charge in [0.1, 0.15) is 12.4 Å². The standard InChI is InChI=1S/C17H21N3O2/c1-18-11-9-17(21)20-12-14-5-7-16(8-6-14)22-13-15-4-2-3-10-19-15/h2-8,10,18H,9,11-13H2,1H3,(H,20,21). The molecule has 0 atom stereocenters. The molecule has 0 bridgehead atoms. The van der Waals surface area contributed by atoms with E-state index in [0.717, 1.165) is 17.0 Å². The van der Waals surface area contributed by atoms with Gasteiger partial charge in [-0.05, 0) is 36.9 Å². The van der Waals surface area contributed by atoms with Crippen molar-refractivity contribution in [2.45, 2.75) is 19.6 Å². The second-order valence-corrected chi connectivity index (χ2v) is 4.88. The topological polar surface area (TPSA) is 63.2 Å². The number of rotatable bonds is 8. The van der Waals surface area contributed by atoms with E-state index < -0.39 is 0 Å². The highest BCUT2D eigenvalue weighted by Gasteiger charge is 2.01. The zero-order valence-electron chi connectivity index (χ0n) is 12.7. The van der Waals surface area contributed by atoms with E-state index in [2.05, 4.69) is 15.6 Å². The molecule has 0 saturated heterocycles. The fraction of sp³-hybridized carbons (Fsp3) is 0.294. The Labute approximate surface area is 130 Å². The van der Waals surface area contributed by atoms with Crippen LogP contribution in [0.25, 0.3) is 0 Å². The first-order chi connectivity index (χ1) is 10.8. The summed E-state index contributed by atoms with van der Waals surface area (Å²) in [7, 11) is 1.83. The van der Waals surface area contributed by atoms with E-state index in [4.69, 9.17) is 4.74 Å². The Morgan fingerprint density at radius 3 is 2.68 bits per heavy atom. The van der Waals surface area contributed by atoms with E-state index in [1.54, 1.807) is 6.20 Å². The molecule has 5 heteroatoms. The fourth-order valence-electron chi connectivity index (χ4n) is 1.87. The minimum absolute atomic E-state index is 0.0461. The summed E-state index contributed by atoms with van der Waals surface area (Å²) in [4.78, 5) is 15.7. The summed E-state index contributed by atoms with van der Waals surface area (Å²) in [6, 6.07) is 13.4. The first-order valence-corrected chi connectivity index (χ1v) is 7.31. The van der Waals surface area contributed by atoms with E-state index in [-0.39, 0.29) is 5.91 Å². The summed E-state index contributed by atoms with van der Waals surface area (Å²) in [5.74, 6) is 0.834. The maximum absolute atomic E-state index is 11.5. The van der Waals surface area contributed by atoms with Crippen molar-refractivity contribution < 1.29 is 9.53 Å². The quantitative estimate of drug-likeness (QED) is 0.781. The highest BCUT2D eigenvalue weighted by atomic mass is 16.5. The highest BCUT2D eigenvalue weighted by Crippen LogP contribution is 2.13. The van der Waals surface area contributed by atoms with Crippen molar-refractivity contribution in [3.63, 3.8) is 0 Å². The van der Waals surface area contributed by atoms with Gasteiger partial charge in [0.25, 0.3) is 0 Å². The Hall–Kier alpha value is -2.40. The average Bonchev–Trinajstić information content (AvgIpc) is 2.58. The molecule has 2 aromatic rings. The van der Waals surface area contributed by atoms with Crippen molar-refractivity contribution in [3.8, 4) is 5.75 Å². The molecule has 2 N–H and O–H groups in total. The molecule has 0 radical (unpaired) electrons. The van der Waals surface area contributed by atoms with Crippen LogP contribution in [-0.4, -0.2) is 24.5 Å². The van der Waals surface area contributed by atoms with E-state index in [0.29, 0.717) is 26.1 Å². The fourth-order valence-corrected chi connectivity index (χ4v) is 1.87. The number of pyridine rings is 1. The van der Waals surface area contributed by atoms with Crippen LogP contribution in [0.5, 0.6) is 5.75 Å². The number of benzene rings is 1. The van der Waals surface area contributed by atoms with Gasteiger partial charge < -0.3 is 15.4 Å². The first kappa shape index (κ1) is 16.0. The maximum atomic E-state index is 11.5. The molecule has 116 valence electrons. The molecule has 22 heavy (non-hydrogen) atoms. The molecule has 0 aliphatic carbocycles. The van der Waals surface area contributed by atoms with Gasteiger partial charge in [0.2, 0.25) is 5.91 Å². The predicted molar refractivity (Wildman–Crippen MR) is 85.4 cm³/mol. The van der Waals surface area contributed by atoms with Gasteiger partial charge in [0.15, 0.2) is 0 Å². The van der Waals surface area contributed by atoms with Crippen molar-refractivity contribution in [3.05, 3.63) is 59.9 Å². The van der Waals surface area contributed by atoms with Crippen LogP contribution in [0, 0.1) is 0 Å². The maximum Gasteiger partial charge on any atom is 0.221 e. The van der Waals surface area contributed by atoms with E-state index >= 15 is 0 Å². The van der Waals surface area contributed by atoms with Gasteiger partial charge >= 0.3 is 0 Å². The summed E-state index contributed by atoms with van der Waals surface area (Å²) in [6.07, 6.45) is 2.24. The monoisotopic (exact) mass is 299 g/mol. The van der Waals surface area contributed by atoms with Crippen molar-refractivity contribution in [1.82, 2.24) is 15.6 Å². The molecule has 1 heterocycles. The lowest BCUT2D eigenvalue weighted by molar-refractivity contribution is -0.121. The number of nitrogens with one attached hydrogen (secondary N) is 2. The highest BCUT2D eigenvalue weighted by molar-refractivity contribution is 5.76. The lowest BCUT2D eigenvalue weighted by atomic mass is 10.2. The number of ether oxygens (including phenoxy) is 1. The Morgan fingerprint density at radius 2 is 2.00 bits per heavy atom. The summed E-state index contributed by atoms with van der Waals surface area (Å²) in [6.45, 7) is 1.66. The largest absolute Gasteiger partial charge is 0.487 e. The molecule has 0 saturated carbocycles. The lowest BCUT2D eigenvalue weighted by Crippen LogP contribution is -2.26. The second kappa shape index (κ2) is 8.79. The van der Waals surface area contributed by atoms with Crippen molar-refractivity contribution in [2.75, 3.05) is 13.6 Å². The third-order valence-corrected chi connectivity index (χ3v) is 3.13. The molecular formula is C17H21N3O2. The molecule has 0 fully saturated rings. The van der Waals surface area contributed by atoms with Crippen LogP contribution in [0.15, 0.2) is 48.7 Å². The number of hydrogen-bond donors (Lipinski definition) is 2. The van der Waals surface area contributed by atoms with Crippen LogP contribution in [0.1, 0.15) is 17.7 Å². The van der Waals surface area contributed by atoms with Crippen molar-refractivity contribution in [2.24, 2.45) is 0 Å². The van der Waals surface area contributed by atoms with Crippen LogP contribution in [0.4, 0.5) is 0 Å². The van der Waals surface area contributed by atoms with Crippen LogP contribution in [0.2, 0.25) is 0 Å². The zero-order valence-corrected chi connectivity index (χ0v) is 12.7. The van der Waals surface area contributed by atoms with E-state index in [1.807, 2.05) is 49.5 Å². The normalized spacial score (nSPS) is 10.2. The van der Waals surface area contributed by atoms with Gasteiger partial charge in [0.05, 0.1) is 5.69 Å². The molecule has 0 unspecified atom stereocenters. The van der Waals surface area contributed by atoms with Crippen molar-refractivity contribution in [1.29, 1.82) is 0 Å². The molecular weight excluding hydrogens is 278 g/mol. The SMILES string of the molecule is CNCCC(=O)NCc1ccc(OCc2ccccn2)cc1. The number of amides is 1. The van der Waals surface area contributed by atoms with Crippen LogP contribution in [-0.2, 0) is 17.9 Å². The van der Waals surface area contributed by atoms with Gasteiger partial charge in [-0.15, -0.1) is 0 Å². The van der Waals surface area contributed by atoms with E-state index in [1.165, 1.54) is 0 Å². The molecule has 0 aliphatic rings. The first-order valence-electron chi connectivity index (χ1n) is 7.31. The van der Waals surface area contributed by atoms with Crippen LogP contribution >= 0.6 is 0 Å². The minimum atomic E-state index is 0.0461. The minimum Gasteiger partial charge on any atom is -0.487 e. The van der Waals surface area contributed by atoms with Crippen LogP contribution in [0.3, 0.4) is 0 Å². The molecule has 2 rings (SSSR count). The smallest absolute Gasteiger partial charge is 0.221 e. The molecule has 1 aromatic carbocycles. The van der Waals surface area contributed by atoms with Crippen molar-refractivity contribution >= 4 is 5.91 Å². The number of hydrogen-bond acceptors (Lipinski definition) is 4. The second-order valence-electron chi connectivity index (χ2n) is 4.88. The Morgan fingerprint density at radius 1 is 1.18 bits per heavy atom. The Kier molecular flexibility index (Phi) is 6.39. The van der Waals surface area contributed by atoms with Gasteiger partial charge in [-0.3, -0.25) is 9.78 Å². The third kappa shape index (κ3) is 5.54. The molecule has 0 spiro atoms. The molecule has 1 aromatic heterocycles. The molecule has 5 nitrogen and oxygen atoms in total. The number of aromatic nitrogens is 1. The summed E-state index contributed by atoms with van der Waals surface area (Å²) >= 11 is 0. The summed E-state index contributed by atoms with van der Waals surface area (Å²) < 4.78 is 5.67. The number of carbonyl (C=O) groups excluding carboxylic acids is 1. The van der Waals surface area contributed by atoms with Crippen LogP contribution < -0.4 is 15.4 Å². The summed E-state index contributed by atoms with van der Waals surface area (Å²) in [5, 5.41) is 5.83. The Bertz CT molecular complexity index is 570. The Balaban J connectivity index is 1.76. The van der Waals surface area contributed by atoms with Gasteiger partial charge in [-0.1, -0.05) is 18.2 Å². The molecule has 0 aliphatic heterocycles. The van der Waals surface area contributed by atoms with E-state index in [9.17, 15) is 4.79 Å². The lowest BCUT2D eigenvalue weighted by Gasteiger charge is -2.08. The van der Waals surface area contributed by atoms with Gasteiger partial charge in [0, 0.05) is 25.7 Å². The number of nitrogens with zero attached hydrogens (tertiary/aromatic N) is 1. The third-order valence-electron chi connectivity index (χ3n) is 3.13. The number of carbonyl (C=O) groups is 1. The predicted octanol–water partition coefficient (Wildman–Crippen LogP) is 1.89. The average molecular weight is 299 g/mol. The van der Waals surface area contributed by atoms with Gasteiger partial charge in [-0.2, -0.15) is 0 Å². The van der Waals surface area contributed by atoms with Gasteiger partial charge in [-0.25, -0.2) is 0 Å². The molecule has 1 amide bonds. The zero-order chi connectivity index (χ0) is 15.6. The summed E-state index contributed by atoms with van der Waals surface area (Å²) in [5.41, 5.74) is 1.94.